The standard InChI is InChI=1S/C11H10ClN3OS/c1-3-2-4(13)5-6(8(3)14)10(16)7(12)9(15)11(5)17/h2H,13-15H2,1H3. The highest BCUT2D eigenvalue weighted by molar-refractivity contribution is 7.81. The summed E-state index contributed by atoms with van der Waals surface area (Å²) >= 11 is 11.0. The van der Waals surface area contributed by atoms with Gasteiger partial charge >= 0.3 is 0 Å². The molecule has 0 saturated heterocycles. The molecule has 6 N–H and O–H groups in total. The van der Waals surface area contributed by atoms with Gasteiger partial charge in [-0.05, 0) is 18.6 Å². The normalized spacial score (nSPS) is 15.2. The van der Waals surface area contributed by atoms with Gasteiger partial charge in [-0.15, -0.1) is 0 Å². The molecule has 0 atom stereocenters. The molecule has 17 heavy (non-hydrogen) atoms. The Morgan fingerprint density at radius 1 is 1.24 bits per heavy atom. The van der Waals surface area contributed by atoms with E-state index in [1.807, 2.05) is 0 Å². The Morgan fingerprint density at radius 2 is 1.82 bits per heavy atom. The number of aryl methyl sites for hydroxylation is 1. The molecule has 2 rings (SSSR count). The molecule has 0 amide bonds. The van der Waals surface area contributed by atoms with E-state index in [1.165, 1.54) is 0 Å². The molecule has 4 nitrogen and oxygen atoms in total. The van der Waals surface area contributed by atoms with Crippen LogP contribution in [0.3, 0.4) is 0 Å². The number of nitrogen functional groups attached to an aromatic ring is 2. The maximum Gasteiger partial charge on any atom is 0.209 e. The maximum atomic E-state index is 12.0. The van der Waals surface area contributed by atoms with Crippen LogP contribution < -0.4 is 17.2 Å². The number of halogens is 1. The van der Waals surface area contributed by atoms with Crippen molar-refractivity contribution in [2.24, 2.45) is 5.73 Å². The van der Waals surface area contributed by atoms with E-state index in [1.54, 1.807) is 13.0 Å². The summed E-state index contributed by atoms with van der Waals surface area (Å²) in [5.74, 6) is -0.430. The van der Waals surface area contributed by atoms with Gasteiger partial charge in [0.1, 0.15) is 5.03 Å². The molecule has 1 aromatic carbocycles. The van der Waals surface area contributed by atoms with Gasteiger partial charge < -0.3 is 17.2 Å². The van der Waals surface area contributed by atoms with Crippen molar-refractivity contribution in [3.63, 3.8) is 0 Å². The third kappa shape index (κ3) is 1.50. The van der Waals surface area contributed by atoms with Crippen LogP contribution in [0.25, 0.3) is 0 Å². The number of fused-ring (bicyclic) bond motifs is 1. The van der Waals surface area contributed by atoms with Gasteiger partial charge in [-0.1, -0.05) is 23.8 Å². The summed E-state index contributed by atoms with van der Waals surface area (Å²) in [4.78, 5) is 12.3. The minimum atomic E-state index is -0.430. The molecule has 0 bridgehead atoms. The molecule has 6 heteroatoms. The third-order valence-corrected chi connectivity index (χ3v) is 3.54. The predicted molar refractivity (Wildman–Crippen MR) is 73.1 cm³/mol. The van der Waals surface area contributed by atoms with Crippen LogP contribution in [-0.2, 0) is 0 Å². The molecular formula is C11H10ClN3OS. The number of ketones is 1. The number of Topliss-reactive ketones (excluding diaryl/α,β-unsaturated/α-hetero) is 1. The predicted octanol–water partition coefficient (Wildman–Crippen LogP) is 1.48. The van der Waals surface area contributed by atoms with E-state index in [0.29, 0.717) is 22.5 Å². The second kappa shape index (κ2) is 3.72. The fourth-order valence-corrected chi connectivity index (χ4v) is 2.37. The van der Waals surface area contributed by atoms with Crippen molar-refractivity contribution < 1.29 is 4.79 Å². The third-order valence-electron chi connectivity index (χ3n) is 2.74. The highest BCUT2D eigenvalue weighted by Gasteiger charge is 2.31. The molecule has 0 aromatic heterocycles. The van der Waals surface area contributed by atoms with Gasteiger partial charge in [0, 0.05) is 16.9 Å². The van der Waals surface area contributed by atoms with Crippen molar-refractivity contribution >= 4 is 45.8 Å². The Balaban J connectivity index is 2.90. The first-order valence-electron chi connectivity index (χ1n) is 4.79. The molecule has 1 aromatic rings. The molecule has 0 unspecified atom stereocenters. The quantitative estimate of drug-likeness (QED) is 0.489. The Bertz CT molecular complexity index is 607. The number of hydrogen-bond acceptors (Lipinski definition) is 5. The summed E-state index contributed by atoms with van der Waals surface area (Å²) in [6, 6.07) is 1.67. The lowest BCUT2D eigenvalue weighted by molar-refractivity contribution is 0.104. The Kier molecular flexibility index (Phi) is 2.60. The van der Waals surface area contributed by atoms with Crippen LogP contribution in [0.2, 0.25) is 0 Å². The SMILES string of the molecule is Cc1cc(N)c2c(c1N)C(=O)C(Cl)=C(N)C2=S. The lowest BCUT2D eigenvalue weighted by atomic mass is 9.89. The van der Waals surface area contributed by atoms with Crippen molar-refractivity contribution in [1.29, 1.82) is 0 Å². The topological polar surface area (TPSA) is 95.1 Å². The van der Waals surface area contributed by atoms with Crippen LogP contribution in [0.15, 0.2) is 16.8 Å². The second-order valence-electron chi connectivity index (χ2n) is 3.83. The second-order valence-corrected chi connectivity index (χ2v) is 4.62. The maximum absolute atomic E-state index is 12.0. The van der Waals surface area contributed by atoms with E-state index in [-0.39, 0.29) is 21.2 Å². The molecule has 0 saturated carbocycles. The van der Waals surface area contributed by atoms with E-state index in [0.717, 1.165) is 0 Å². The van der Waals surface area contributed by atoms with Crippen molar-refractivity contribution in [2.75, 3.05) is 11.5 Å². The number of benzene rings is 1. The van der Waals surface area contributed by atoms with Gasteiger partial charge in [0.25, 0.3) is 0 Å². The molecule has 0 heterocycles. The first-order chi connectivity index (χ1) is 7.86. The summed E-state index contributed by atoms with van der Waals surface area (Å²) in [5.41, 5.74) is 19.6. The highest BCUT2D eigenvalue weighted by Crippen LogP contribution is 2.35. The lowest BCUT2D eigenvalue weighted by Crippen LogP contribution is -2.26. The lowest BCUT2D eigenvalue weighted by Gasteiger charge is -2.21. The summed E-state index contributed by atoms with van der Waals surface area (Å²) in [5, 5.41) is -0.0980. The number of allylic oxidation sites excluding steroid dienone is 2. The fraction of sp³-hybridized carbons (Fsp3) is 0.0909. The van der Waals surface area contributed by atoms with Crippen molar-refractivity contribution in [1.82, 2.24) is 0 Å². The molecule has 1 aliphatic carbocycles. The van der Waals surface area contributed by atoms with Crippen LogP contribution in [0.1, 0.15) is 21.5 Å². The number of anilines is 2. The summed E-state index contributed by atoms with van der Waals surface area (Å²) in [7, 11) is 0. The fourth-order valence-electron chi connectivity index (χ4n) is 1.81. The van der Waals surface area contributed by atoms with Crippen LogP contribution in [-0.4, -0.2) is 10.6 Å². The van der Waals surface area contributed by atoms with E-state index in [9.17, 15) is 4.79 Å². The Morgan fingerprint density at radius 3 is 2.41 bits per heavy atom. The molecule has 88 valence electrons. The molecular weight excluding hydrogens is 258 g/mol. The van der Waals surface area contributed by atoms with Crippen LogP contribution >= 0.6 is 23.8 Å². The van der Waals surface area contributed by atoms with Crippen LogP contribution in [0.5, 0.6) is 0 Å². The van der Waals surface area contributed by atoms with E-state index in [4.69, 9.17) is 41.0 Å². The monoisotopic (exact) mass is 267 g/mol. The van der Waals surface area contributed by atoms with Gasteiger partial charge in [-0.3, -0.25) is 4.79 Å². The van der Waals surface area contributed by atoms with Gasteiger partial charge in [-0.25, -0.2) is 0 Å². The number of carbonyl (C=O) groups is 1. The number of thiocarbonyl (C=S) groups is 1. The number of hydrogen-bond donors (Lipinski definition) is 3. The minimum Gasteiger partial charge on any atom is -0.398 e. The average Bonchev–Trinajstić information content (AvgIpc) is 2.28. The zero-order valence-corrected chi connectivity index (χ0v) is 10.6. The largest absolute Gasteiger partial charge is 0.398 e. The number of nitrogens with two attached hydrogens (primary N) is 3. The first-order valence-corrected chi connectivity index (χ1v) is 5.58. The minimum absolute atomic E-state index is 0.0779. The van der Waals surface area contributed by atoms with Gasteiger partial charge in [-0.2, -0.15) is 0 Å². The zero-order chi connectivity index (χ0) is 12.9. The average molecular weight is 268 g/mol. The molecule has 0 fully saturated rings. The Hall–Kier alpha value is -1.59. The van der Waals surface area contributed by atoms with Crippen LogP contribution in [0, 0.1) is 6.92 Å². The van der Waals surface area contributed by atoms with Crippen molar-refractivity contribution in [3.05, 3.63) is 33.5 Å². The number of rotatable bonds is 0. The molecule has 0 radical (unpaired) electrons. The van der Waals surface area contributed by atoms with Crippen molar-refractivity contribution in [2.45, 2.75) is 6.92 Å². The molecule has 0 aliphatic heterocycles. The number of carbonyl (C=O) groups excluding carboxylic acids is 1. The van der Waals surface area contributed by atoms with E-state index < -0.39 is 5.78 Å². The van der Waals surface area contributed by atoms with Crippen molar-refractivity contribution in [3.8, 4) is 0 Å². The summed E-state index contributed by atoms with van der Waals surface area (Å²) < 4.78 is 0. The first kappa shape index (κ1) is 11.9. The summed E-state index contributed by atoms with van der Waals surface area (Å²) in [6.07, 6.45) is 0. The van der Waals surface area contributed by atoms with E-state index in [2.05, 4.69) is 0 Å². The molecule has 1 aliphatic rings. The van der Waals surface area contributed by atoms with Gasteiger partial charge in [0.05, 0.1) is 16.1 Å². The van der Waals surface area contributed by atoms with Gasteiger partial charge in [0.15, 0.2) is 0 Å². The highest BCUT2D eigenvalue weighted by atomic mass is 35.5. The van der Waals surface area contributed by atoms with Crippen LogP contribution in [0.4, 0.5) is 11.4 Å². The zero-order valence-electron chi connectivity index (χ0n) is 9.00. The molecule has 0 spiro atoms. The van der Waals surface area contributed by atoms with E-state index >= 15 is 0 Å². The van der Waals surface area contributed by atoms with Gasteiger partial charge in [0.2, 0.25) is 5.78 Å². The summed E-state index contributed by atoms with van der Waals surface area (Å²) in [6.45, 7) is 1.76. The Labute approximate surface area is 108 Å². The smallest absolute Gasteiger partial charge is 0.209 e.